The van der Waals surface area contributed by atoms with E-state index in [1.54, 1.807) is 0 Å². The molecule has 1 aromatic heterocycles. The molecule has 0 spiro atoms. The molecule has 0 radical (unpaired) electrons. The fraction of sp³-hybridized carbons (Fsp3) is 0.471. The summed E-state index contributed by atoms with van der Waals surface area (Å²) in [6.45, 7) is 8.68. The van der Waals surface area contributed by atoms with Crippen molar-refractivity contribution < 1.29 is 0 Å². The van der Waals surface area contributed by atoms with E-state index < -0.39 is 0 Å². The molecule has 1 aromatic carbocycles. The first-order valence-electron chi connectivity index (χ1n) is 7.42. The number of imidazole rings is 1. The molecule has 0 aliphatic heterocycles. The number of rotatable bonds is 7. The maximum atomic E-state index is 4.05. The van der Waals surface area contributed by atoms with Crippen LogP contribution in [0.5, 0.6) is 0 Å². The normalized spacial score (nSPS) is 12.6. The molecule has 1 atom stereocenters. The Hall–Kier alpha value is -1.61. The van der Waals surface area contributed by atoms with E-state index in [-0.39, 0.29) is 0 Å². The predicted molar refractivity (Wildman–Crippen MR) is 83.8 cm³/mol. The van der Waals surface area contributed by atoms with Crippen LogP contribution in [0.25, 0.3) is 0 Å². The summed E-state index contributed by atoms with van der Waals surface area (Å²) >= 11 is 0. The molecule has 0 saturated heterocycles. The Balaban J connectivity index is 1.70. The minimum atomic E-state index is 0.418. The number of benzene rings is 1. The van der Waals surface area contributed by atoms with E-state index in [1.165, 1.54) is 29.5 Å². The number of aromatic nitrogens is 2. The summed E-state index contributed by atoms with van der Waals surface area (Å²) < 4.78 is 2.13. The average Bonchev–Trinajstić information content (AvgIpc) is 2.90. The van der Waals surface area contributed by atoms with Crippen LogP contribution < -0.4 is 5.32 Å². The number of hydrogen-bond acceptors (Lipinski definition) is 2. The van der Waals surface area contributed by atoms with Gasteiger partial charge in [0.2, 0.25) is 0 Å². The molecule has 108 valence electrons. The topological polar surface area (TPSA) is 29.9 Å². The Kier molecular flexibility index (Phi) is 5.36. The van der Waals surface area contributed by atoms with Crippen molar-refractivity contribution in [1.29, 1.82) is 0 Å². The second-order valence-corrected chi connectivity index (χ2v) is 5.60. The highest BCUT2D eigenvalue weighted by atomic mass is 15.0. The first-order chi connectivity index (χ1) is 9.65. The van der Waals surface area contributed by atoms with Crippen LogP contribution in [0.15, 0.2) is 36.9 Å². The molecule has 2 rings (SSSR count). The number of unbranched alkanes of at least 4 members (excludes halogenated alkanes) is 1. The number of nitrogens with zero attached hydrogens (tertiary/aromatic N) is 2. The first-order valence-corrected chi connectivity index (χ1v) is 7.42. The van der Waals surface area contributed by atoms with Gasteiger partial charge in [0, 0.05) is 25.0 Å². The Morgan fingerprint density at radius 1 is 1.15 bits per heavy atom. The molecule has 3 heteroatoms. The second kappa shape index (κ2) is 7.25. The Morgan fingerprint density at radius 2 is 1.90 bits per heavy atom. The van der Waals surface area contributed by atoms with Crippen LogP contribution in [-0.4, -0.2) is 16.1 Å². The van der Waals surface area contributed by atoms with Gasteiger partial charge in [0.1, 0.15) is 0 Å². The predicted octanol–water partition coefficient (Wildman–Crippen LogP) is 3.63. The van der Waals surface area contributed by atoms with Gasteiger partial charge in [0.15, 0.2) is 0 Å². The van der Waals surface area contributed by atoms with E-state index in [0.717, 1.165) is 13.1 Å². The summed E-state index contributed by atoms with van der Waals surface area (Å²) in [5, 5.41) is 3.61. The molecule has 20 heavy (non-hydrogen) atoms. The molecule has 3 nitrogen and oxygen atoms in total. The summed E-state index contributed by atoms with van der Waals surface area (Å²) in [4.78, 5) is 4.05. The maximum absolute atomic E-state index is 4.05. The van der Waals surface area contributed by atoms with Crippen molar-refractivity contribution in [3.8, 4) is 0 Å². The fourth-order valence-electron chi connectivity index (χ4n) is 2.53. The summed E-state index contributed by atoms with van der Waals surface area (Å²) in [6, 6.07) is 7.19. The van der Waals surface area contributed by atoms with Crippen molar-refractivity contribution in [2.45, 2.75) is 46.2 Å². The van der Waals surface area contributed by atoms with Gasteiger partial charge in [-0.3, -0.25) is 0 Å². The van der Waals surface area contributed by atoms with Gasteiger partial charge in [-0.15, -0.1) is 0 Å². The van der Waals surface area contributed by atoms with E-state index >= 15 is 0 Å². The Bertz CT molecular complexity index is 497. The van der Waals surface area contributed by atoms with E-state index in [4.69, 9.17) is 0 Å². The number of aryl methyl sites for hydroxylation is 3. The van der Waals surface area contributed by atoms with Crippen molar-refractivity contribution >= 4 is 0 Å². The summed E-state index contributed by atoms with van der Waals surface area (Å²) in [5.74, 6) is 0. The fourth-order valence-corrected chi connectivity index (χ4v) is 2.53. The van der Waals surface area contributed by atoms with Crippen LogP contribution in [-0.2, 0) is 6.54 Å². The van der Waals surface area contributed by atoms with Crippen LogP contribution in [0.1, 0.15) is 42.5 Å². The zero-order chi connectivity index (χ0) is 14.4. The maximum Gasteiger partial charge on any atom is 0.0945 e. The van der Waals surface area contributed by atoms with Crippen LogP contribution >= 0.6 is 0 Å². The second-order valence-electron chi connectivity index (χ2n) is 5.60. The first kappa shape index (κ1) is 14.8. The molecule has 0 aliphatic rings. The van der Waals surface area contributed by atoms with E-state index in [1.807, 2.05) is 18.7 Å². The van der Waals surface area contributed by atoms with Crippen LogP contribution in [0.3, 0.4) is 0 Å². The van der Waals surface area contributed by atoms with Crippen LogP contribution in [0, 0.1) is 13.8 Å². The lowest BCUT2D eigenvalue weighted by molar-refractivity contribution is 0.523. The minimum absolute atomic E-state index is 0.418. The zero-order valence-electron chi connectivity index (χ0n) is 12.8. The van der Waals surface area contributed by atoms with E-state index in [2.05, 4.69) is 53.8 Å². The quantitative estimate of drug-likeness (QED) is 0.779. The third-order valence-electron chi connectivity index (χ3n) is 3.60. The van der Waals surface area contributed by atoms with Crippen molar-refractivity contribution in [1.82, 2.24) is 14.9 Å². The minimum Gasteiger partial charge on any atom is -0.337 e. The molecular formula is C17H25N3. The summed E-state index contributed by atoms with van der Waals surface area (Å²) in [7, 11) is 0. The van der Waals surface area contributed by atoms with Gasteiger partial charge >= 0.3 is 0 Å². The molecular weight excluding hydrogens is 246 g/mol. The van der Waals surface area contributed by atoms with Gasteiger partial charge in [-0.05, 0) is 45.7 Å². The van der Waals surface area contributed by atoms with Gasteiger partial charge in [0.25, 0.3) is 0 Å². The largest absolute Gasteiger partial charge is 0.337 e. The Labute approximate surface area is 122 Å². The lowest BCUT2D eigenvalue weighted by Gasteiger charge is -2.15. The van der Waals surface area contributed by atoms with Crippen molar-refractivity contribution in [2.24, 2.45) is 0 Å². The third-order valence-corrected chi connectivity index (χ3v) is 3.60. The molecule has 0 saturated carbocycles. The molecule has 0 fully saturated rings. The highest BCUT2D eigenvalue weighted by Gasteiger charge is 2.05. The van der Waals surface area contributed by atoms with Gasteiger partial charge in [0.05, 0.1) is 6.33 Å². The lowest BCUT2D eigenvalue weighted by Crippen LogP contribution is -2.20. The Morgan fingerprint density at radius 3 is 2.55 bits per heavy atom. The van der Waals surface area contributed by atoms with Gasteiger partial charge in [-0.2, -0.15) is 0 Å². The highest BCUT2D eigenvalue weighted by molar-refractivity contribution is 5.30. The number of nitrogens with one attached hydrogen (secondary N) is 1. The monoisotopic (exact) mass is 271 g/mol. The molecule has 0 aliphatic carbocycles. The average molecular weight is 271 g/mol. The molecule has 2 aromatic rings. The molecule has 0 bridgehead atoms. The summed E-state index contributed by atoms with van der Waals surface area (Å²) in [5.41, 5.74) is 4.07. The lowest BCUT2D eigenvalue weighted by atomic mass is 10.0. The van der Waals surface area contributed by atoms with Crippen molar-refractivity contribution in [2.75, 3.05) is 6.54 Å². The van der Waals surface area contributed by atoms with Crippen molar-refractivity contribution in [3.63, 3.8) is 0 Å². The van der Waals surface area contributed by atoms with E-state index in [0.29, 0.717) is 6.04 Å². The zero-order valence-corrected chi connectivity index (χ0v) is 12.8. The van der Waals surface area contributed by atoms with E-state index in [9.17, 15) is 0 Å². The van der Waals surface area contributed by atoms with Crippen molar-refractivity contribution in [3.05, 3.63) is 53.6 Å². The molecule has 1 N–H and O–H groups in total. The van der Waals surface area contributed by atoms with Crippen LogP contribution in [0.4, 0.5) is 0 Å². The third kappa shape index (κ3) is 4.49. The highest BCUT2D eigenvalue weighted by Crippen LogP contribution is 2.16. The van der Waals surface area contributed by atoms with Crippen LogP contribution in [0.2, 0.25) is 0 Å². The van der Waals surface area contributed by atoms with Gasteiger partial charge in [-0.25, -0.2) is 4.98 Å². The van der Waals surface area contributed by atoms with Gasteiger partial charge in [-0.1, -0.05) is 29.3 Å². The molecule has 1 heterocycles. The van der Waals surface area contributed by atoms with Gasteiger partial charge < -0.3 is 9.88 Å². The summed E-state index contributed by atoms with van der Waals surface area (Å²) in [6.07, 6.45) is 8.10. The smallest absolute Gasteiger partial charge is 0.0945 e. The standard InChI is InChI=1S/C17H25N3/c1-14-10-15(2)12-17(11-14)16(3)19-6-4-5-8-20-9-7-18-13-20/h7,9-13,16,19H,4-6,8H2,1-3H3. The molecule has 1 unspecified atom stereocenters. The number of hydrogen-bond donors (Lipinski definition) is 1. The molecule has 0 amide bonds. The SMILES string of the molecule is Cc1cc(C)cc(C(C)NCCCCn2ccnc2)c1.